The average Bonchev–Trinajstić information content (AvgIpc) is 2.61. The molecule has 1 aromatic heterocycles. The fraction of sp³-hybridized carbons (Fsp3) is 0.0909. The van der Waals surface area contributed by atoms with Crippen molar-refractivity contribution >= 4 is 27.3 Å². The average molecular weight is 312 g/mol. The van der Waals surface area contributed by atoms with Gasteiger partial charge in [-0.15, -0.1) is 0 Å². The molecule has 0 unspecified atom stereocenters. The molecule has 4 aromatic rings. The maximum atomic E-state index is 12.6. The Labute approximate surface area is 141 Å². The number of hydrogen-bond donors (Lipinski definition) is 0. The number of aromatic nitrogens is 1. The van der Waals surface area contributed by atoms with E-state index in [1.807, 2.05) is 54.2 Å². The van der Waals surface area contributed by atoms with Crippen molar-refractivity contribution in [3.63, 3.8) is 0 Å². The number of benzene rings is 3. The number of Topliss-reactive ketones (excluding diaryl/α,β-unsaturated/α-hetero) is 1. The number of carbonyl (C=O) groups excluding carboxylic acids is 1. The molecule has 3 aromatic carbocycles. The number of pyridine rings is 1. The lowest BCUT2D eigenvalue weighted by molar-refractivity contribution is -0.683. The fourth-order valence-corrected chi connectivity index (χ4v) is 3.19. The van der Waals surface area contributed by atoms with Crippen LogP contribution in [0.4, 0.5) is 0 Å². The minimum atomic E-state index is 0.126. The Morgan fingerprint density at radius 3 is 2.54 bits per heavy atom. The zero-order valence-corrected chi connectivity index (χ0v) is 13.6. The molecule has 0 radical (unpaired) electrons. The SMILES string of the molecule is Cc1ccc[n+](CC(=O)c2ccc3c(ccc4ccccc43)c2)c1. The number of carbonyl (C=O) groups is 1. The molecule has 0 saturated heterocycles. The van der Waals surface area contributed by atoms with Gasteiger partial charge >= 0.3 is 0 Å². The van der Waals surface area contributed by atoms with Crippen LogP contribution >= 0.6 is 0 Å². The summed E-state index contributed by atoms with van der Waals surface area (Å²) in [6.45, 7) is 2.39. The molecule has 0 aliphatic rings. The summed E-state index contributed by atoms with van der Waals surface area (Å²) < 4.78 is 1.93. The Morgan fingerprint density at radius 1 is 0.875 bits per heavy atom. The molecule has 2 nitrogen and oxygen atoms in total. The van der Waals surface area contributed by atoms with Crippen molar-refractivity contribution in [2.24, 2.45) is 0 Å². The van der Waals surface area contributed by atoms with Crippen LogP contribution in [0.1, 0.15) is 15.9 Å². The van der Waals surface area contributed by atoms with Gasteiger partial charge in [-0.1, -0.05) is 48.5 Å². The molecule has 0 aliphatic carbocycles. The van der Waals surface area contributed by atoms with E-state index in [0.29, 0.717) is 6.54 Å². The van der Waals surface area contributed by atoms with E-state index in [4.69, 9.17) is 0 Å². The monoisotopic (exact) mass is 312 g/mol. The summed E-state index contributed by atoms with van der Waals surface area (Å²) in [5.41, 5.74) is 1.90. The Morgan fingerprint density at radius 2 is 1.67 bits per heavy atom. The van der Waals surface area contributed by atoms with Crippen LogP contribution in [0.3, 0.4) is 0 Å². The van der Waals surface area contributed by atoms with Gasteiger partial charge in [-0.3, -0.25) is 4.79 Å². The quantitative estimate of drug-likeness (QED) is 0.310. The zero-order valence-electron chi connectivity index (χ0n) is 13.6. The largest absolute Gasteiger partial charge is 0.287 e. The van der Waals surface area contributed by atoms with Gasteiger partial charge in [0.15, 0.2) is 12.4 Å². The third-order valence-corrected chi connectivity index (χ3v) is 4.40. The molecular formula is C22H18NO+. The van der Waals surface area contributed by atoms with Gasteiger partial charge in [-0.25, -0.2) is 0 Å². The highest BCUT2D eigenvalue weighted by Gasteiger charge is 2.13. The molecule has 0 N–H and O–H groups in total. The molecule has 0 bridgehead atoms. The van der Waals surface area contributed by atoms with E-state index in [1.165, 1.54) is 16.2 Å². The van der Waals surface area contributed by atoms with Crippen LogP contribution in [0, 0.1) is 6.92 Å². The summed E-state index contributed by atoms with van der Waals surface area (Å²) in [6.07, 6.45) is 3.92. The third-order valence-electron chi connectivity index (χ3n) is 4.40. The van der Waals surface area contributed by atoms with Crippen molar-refractivity contribution in [2.45, 2.75) is 13.5 Å². The third kappa shape index (κ3) is 2.67. The molecule has 2 heteroatoms. The molecule has 4 rings (SSSR count). The minimum Gasteiger partial charge on any atom is -0.287 e. The highest BCUT2D eigenvalue weighted by molar-refractivity contribution is 6.09. The van der Waals surface area contributed by atoms with Gasteiger partial charge in [0.05, 0.1) is 0 Å². The van der Waals surface area contributed by atoms with Crippen molar-refractivity contribution in [2.75, 3.05) is 0 Å². The van der Waals surface area contributed by atoms with E-state index in [1.54, 1.807) is 0 Å². The summed E-state index contributed by atoms with van der Waals surface area (Å²) in [6, 6.07) is 22.5. The highest BCUT2D eigenvalue weighted by atomic mass is 16.1. The number of rotatable bonds is 3. The van der Waals surface area contributed by atoms with Crippen LogP contribution < -0.4 is 4.57 Å². The molecule has 0 amide bonds. The highest BCUT2D eigenvalue weighted by Crippen LogP contribution is 2.26. The predicted octanol–water partition coefficient (Wildman–Crippen LogP) is 4.47. The van der Waals surface area contributed by atoms with Crippen LogP contribution in [0.2, 0.25) is 0 Å². The summed E-state index contributed by atoms with van der Waals surface area (Å²) in [7, 11) is 0. The molecule has 116 valence electrons. The van der Waals surface area contributed by atoms with Crippen molar-refractivity contribution in [3.8, 4) is 0 Å². The first-order chi connectivity index (χ1) is 11.7. The van der Waals surface area contributed by atoms with Gasteiger partial charge in [-0.05, 0) is 40.6 Å². The Balaban J connectivity index is 1.72. The molecule has 0 saturated carbocycles. The van der Waals surface area contributed by atoms with E-state index >= 15 is 0 Å². The van der Waals surface area contributed by atoms with Crippen molar-refractivity contribution < 1.29 is 9.36 Å². The topological polar surface area (TPSA) is 20.9 Å². The normalized spacial score (nSPS) is 11.0. The van der Waals surface area contributed by atoms with Crippen LogP contribution in [0.5, 0.6) is 0 Å². The molecule has 0 atom stereocenters. The van der Waals surface area contributed by atoms with Crippen molar-refractivity contribution in [1.82, 2.24) is 0 Å². The van der Waals surface area contributed by atoms with Gasteiger partial charge in [0.1, 0.15) is 0 Å². The Hall–Kier alpha value is -3.00. The van der Waals surface area contributed by atoms with Gasteiger partial charge in [0, 0.05) is 17.2 Å². The summed E-state index contributed by atoms with van der Waals surface area (Å²) in [5.74, 6) is 0.126. The second kappa shape index (κ2) is 5.89. The van der Waals surface area contributed by atoms with Crippen molar-refractivity contribution in [1.29, 1.82) is 0 Å². The van der Waals surface area contributed by atoms with Gasteiger partial charge < -0.3 is 0 Å². The number of nitrogens with zero attached hydrogens (tertiary/aromatic N) is 1. The lowest BCUT2D eigenvalue weighted by atomic mass is 9.99. The first-order valence-electron chi connectivity index (χ1n) is 8.11. The minimum absolute atomic E-state index is 0.126. The molecule has 1 heterocycles. The first kappa shape index (κ1) is 14.6. The lowest BCUT2D eigenvalue weighted by Crippen LogP contribution is -2.37. The van der Waals surface area contributed by atoms with E-state index in [9.17, 15) is 4.79 Å². The van der Waals surface area contributed by atoms with E-state index in [-0.39, 0.29) is 5.78 Å². The van der Waals surface area contributed by atoms with Crippen LogP contribution in [0.25, 0.3) is 21.5 Å². The smallest absolute Gasteiger partial charge is 0.227 e. The van der Waals surface area contributed by atoms with Gasteiger partial charge in [-0.2, -0.15) is 4.57 Å². The number of hydrogen-bond acceptors (Lipinski definition) is 1. The fourth-order valence-electron chi connectivity index (χ4n) is 3.19. The summed E-state index contributed by atoms with van der Waals surface area (Å²) in [4.78, 5) is 12.6. The Bertz CT molecular complexity index is 1070. The number of fused-ring (bicyclic) bond motifs is 3. The zero-order chi connectivity index (χ0) is 16.5. The lowest BCUT2D eigenvalue weighted by Gasteiger charge is -2.06. The van der Waals surface area contributed by atoms with Gasteiger partial charge in [0.25, 0.3) is 0 Å². The van der Waals surface area contributed by atoms with E-state index in [2.05, 4.69) is 36.4 Å². The van der Waals surface area contributed by atoms with E-state index < -0.39 is 0 Å². The van der Waals surface area contributed by atoms with Crippen molar-refractivity contribution in [3.05, 3.63) is 90.3 Å². The van der Waals surface area contributed by atoms with E-state index in [0.717, 1.165) is 16.5 Å². The second-order valence-corrected chi connectivity index (χ2v) is 6.20. The van der Waals surface area contributed by atoms with Crippen LogP contribution in [0.15, 0.2) is 79.1 Å². The number of ketones is 1. The second-order valence-electron chi connectivity index (χ2n) is 6.20. The predicted molar refractivity (Wildman–Crippen MR) is 97.2 cm³/mol. The number of aryl methyl sites for hydroxylation is 1. The molecule has 0 aliphatic heterocycles. The summed E-state index contributed by atoms with van der Waals surface area (Å²) >= 11 is 0. The van der Waals surface area contributed by atoms with Crippen LogP contribution in [-0.4, -0.2) is 5.78 Å². The standard InChI is InChI=1S/C22H18NO/c1-16-5-4-12-23(14-16)15-22(24)19-10-11-21-18(13-19)9-8-17-6-2-3-7-20(17)21/h2-14H,15H2,1H3/q+1. The molecular weight excluding hydrogens is 294 g/mol. The van der Waals surface area contributed by atoms with Crippen LogP contribution in [-0.2, 0) is 6.54 Å². The first-order valence-corrected chi connectivity index (χ1v) is 8.11. The summed E-state index contributed by atoms with van der Waals surface area (Å²) in [5, 5.41) is 4.74. The Kier molecular flexibility index (Phi) is 3.58. The maximum Gasteiger partial charge on any atom is 0.227 e. The molecule has 0 fully saturated rings. The molecule has 24 heavy (non-hydrogen) atoms. The van der Waals surface area contributed by atoms with Gasteiger partial charge in [0.2, 0.25) is 12.3 Å². The molecule has 0 spiro atoms. The maximum absolute atomic E-state index is 12.6.